The van der Waals surface area contributed by atoms with Crippen LogP contribution in [-0.4, -0.2) is 42.6 Å². The summed E-state index contributed by atoms with van der Waals surface area (Å²) >= 11 is 0. The molecule has 14 heavy (non-hydrogen) atoms. The topological polar surface area (TPSA) is 105 Å². The third-order valence-electron chi connectivity index (χ3n) is 1.43. The second-order valence-electron chi connectivity index (χ2n) is 2.52. The normalized spacial score (nSPS) is 11.8. The highest BCUT2D eigenvalue weighted by atomic mass is 32.2. The van der Waals surface area contributed by atoms with Gasteiger partial charge in [0.1, 0.15) is 0 Å². The van der Waals surface area contributed by atoms with Gasteiger partial charge in [-0.05, 0) is 0 Å². The Morgan fingerprint density at radius 2 is 2.36 bits per heavy atom. The molecule has 0 aliphatic heterocycles. The molecule has 0 aliphatic rings. The summed E-state index contributed by atoms with van der Waals surface area (Å²) in [5, 5.41) is 11.8. The van der Waals surface area contributed by atoms with E-state index in [0.717, 1.165) is 0 Å². The fourth-order valence-corrected chi connectivity index (χ4v) is 1.61. The van der Waals surface area contributed by atoms with Gasteiger partial charge in [0, 0.05) is 13.0 Å². The summed E-state index contributed by atoms with van der Waals surface area (Å²) in [5.74, 6) is 0.0771. The first-order valence-electron chi connectivity index (χ1n) is 3.98. The summed E-state index contributed by atoms with van der Waals surface area (Å²) in [4.78, 5) is 3.72. The van der Waals surface area contributed by atoms with Crippen LogP contribution < -0.4 is 4.72 Å². The monoisotopic (exact) mass is 221 g/mol. The van der Waals surface area contributed by atoms with Gasteiger partial charge >= 0.3 is 0 Å². The summed E-state index contributed by atoms with van der Waals surface area (Å²) in [5.41, 5.74) is 0. The number of sulfonamides is 1. The van der Waals surface area contributed by atoms with Crippen LogP contribution in [0.1, 0.15) is 5.89 Å². The molecule has 0 aromatic carbocycles. The van der Waals surface area contributed by atoms with E-state index < -0.39 is 16.6 Å². The summed E-state index contributed by atoms with van der Waals surface area (Å²) in [6.07, 6.45) is 1.59. The lowest BCUT2D eigenvalue weighted by Gasteiger charge is -2.02. The van der Waals surface area contributed by atoms with E-state index in [4.69, 9.17) is 5.11 Å². The number of rotatable bonds is 6. The molecule has 0 saturated heterocycles. The minimum Gasteiger partial charge on any atom is -0.395 e. The van der Waals surface area contributed by atoms with Crippen molar-refractivity contribution in [1.82, 2.24) is 14.9 Å². The molecule has 2 N–H and O–H groups in total. The average molecular weight is 221 g/mol. The van der Waals surface area contributed by atoms with Crippen molar-refractivity contribution in [2.45, 2.75) is 6.42 Å². The molecule has 0 radical (unpaired) electrons. The van der Waals surface area contributed by atoms with Gasteiger partial charge in [-0.2, -0.15) is 4.98 Å². The van der Waals surface area contributed by atoms with E-state index in [1.807, 2.05) is 0 Å². The second-order valence-corrected chi connectivity index (χ2v) is 4.45. The van der Waals surface area contributed by atoms with Crippen LogP contribution in [0.15, 0.2) is 10.9 Å². The van der Waals surface area contributed by atoms with E-state index in [9.17, 15) is 8.42 Å². The van der Waals surface area contributed by atoms with Gasteiger partial charge in [-0.1, -0.05) is 5.16 Å². The molecule has 8 heteroatoms. The van der Waals surface area contributed by atoms with Crippen LogP contribution in [0.4, 0.5) is 0 Å². The lowest BCUT2D eigenvalue weighted by atomic mass is 10.4. The molecule has 0 fully saturated rings. The van der Waals surface area contributed by atoms with Gasteiger partial charge in [0.15, 0.2) is 6.33 Å². The van der Waals surface area contributed by atoms with Crippen molar-refractivity contribution < 1.29 is 18.0 Å². The number of hydrogen-bond acceptors (Lipinski definition) is 6. The highest BCUT2D eigenvalue weighted by Gasteiger charge is 2.08. The molecule has 0 unspecified atom stereocenters. The van der Waals surface area contributed by atoms with Crippen molar-refractivity contribution in [2.24, 2.45) is 0 Å². The van der Waals surface area contributed by atoms with Crippen LogP contribution in [0.5, 0.6) is 0 Å². The van der Waals surface area contributed by atoms with Gasteiger partial charge in [-0.25, -0.2) is 13.1 Å². The van der Waals surface area contributed by atoms with E-state index >= 15 is 0 Å². The van der Waals surface area contributed by atoms with Gasteiger partial charge in [0.05, 0.1) is 12.4 Å². The molecular formula is C6H11N3O4S. The quantitative estimate of drug-likeness (QED) is 0.607. The first kappa shape index (κ1) is 11.1. The van der Waals surface area contributed by atoms with Crippen LogP contribution in [-0.2, 0) is 16.4 Å². The lowest BCUT2D eigenvalue weighted by Crippen LogP contribution is -2.29. The highest BCUT2D eigenvalue weighted by Crippen LogP contribution is 1.91. The molecule has 0 bridgehead atoms. The smallest absolute Gasteiger partial charge is 0.227 e. The molecule has 1 aromatic rings. The number of nitrogens with one attached hydrogen (secondary N) is 1. The fourth-order valence-electron chi connectivity index (χ4n) is 0.812. The maximum atomic E-state index is 11.0. The van der Waals surface area contributed by atoms with Crippen molar-refractivity contribution in [2.75, 3.05) is 18.9 Å². The van der Waals surface area contributed by atoms with Crippen LogP contribution in [0, 0.1) is 0 Å². The molecule has 80 valence electrons. The standard InChI is InChI=1S/C6H11N3O4S/c10-3-4-14(11,12)9-2-1-6-7-5-8-13-6/h5,9-10H,1-4H2. The van der Waals surface area contributed by atoms with Crippen molar-refractivity contribution in [1.29, 1.82) is 0 Å². The number of aliphatic hydroxyl groups excluding tert-OH is 1. The second kappa shape index (κ2) is 5.03. The zero-order valence-corrected chi connectivity index (χ0v) is 8.20. The Hall–Kier alpha value is -0.990. The van der Waals surface area contributed by atoms with E-state index in [1.54, 1.807) is 0 Å². The third-order valence-corrected chi connectivity index (χ3v) is 2.79. The Bertz CT molecular complexity index is 347. The van der Waals surface area contributed by atoms with Gasteiger partial charge in [0.2, 0.25) is 15.9 Å². The third kappa shape index (κ3) is 3.81. The van der Waals surface area contributed by atoms with E-state index in [2.05, 4.69) is 19.4 Å². The fraction of sp³-hybridized carbons (Fsp3) is 0.667. The number of aromatic nitrogens is 2. The Morgan fingerprint density at radius 1 is 1.57 bits per heavy atom. The van der Waals surface area contributed by atoms with Gasteiger partial charge in [-0.15, -0.1) is 0 Å². The largest absolute Gasteiger partial charge is 0.395 e. The van der Waals surface area contributed by atoms with E-state index in [-0.39, 0.29) is 12.3 Å². The maximum absolute atomic E-state index is 11.0. The van der Waals surface area contributed by atoms with E-state index in [0.29, 0.717) is 12.3 Å². The highest BCUT2D eigenvalue weighted by molar-refractivity contribution is 7.89. The zero-order valence-electron chi connectivity index (χ0n) is 7.38. The SMILES string of the molecule is O=S(=O)(CCO)NCCc1ncno1. The molecule has 1 heterocycles. The minimum absolute atomic E-state index is 0.185. The first-order chi connectivity index (χ1) is 6.64. The zero-order chi connectivity index (χ0) is 10.4. The Balaban J connectivity index is 2.28. The molecule has 0 atom stereocenters. The van der Waals surface area contributed by atoms with Crippen LogP contribution >= 0.6 is 0 Å². The van der Waals surface area contributed by atoms with Crippen molar-refractivity contribution in [3.8, 4) is 0 Å². The van der Waals surface area contributed by atoms with Crippen molar-refractivity contribution in [3.05, 3.63) is 12.2 Å². The molecule has 0 spiro atoms. The number of aliphatic hydroxyl groups is 1. The lowest BCUT2D eigenvalue weighted by molar-refractivity contribution is 0.319. The molecule has 0 amide bonds. The summed E-state index contributed by atoms with van der Waals surface area (Å²) < 4.78 is 29.0. The molecule has 0 saturated carbocycles. The maximum Gasteiger partial charge on any atom is 0.227 e. The Kier molecular flexibility index (Phi) is 3.98. The molecule has 7 nitrogen and oxygen atoms in total. The van der Waals surface area contributed by atoms with Gasteiger partial charge in [-0.3, -0.25) is 0 Å². The van der Waals surface area contributed by atoms with Gasteiger partial charge < -0.3 is 9.63 Å². The molecular weight excluding hydrogens is 210 g/mol. The van der Waals surface area contributed by atoms with Crippen molar-refractivity contribution >= 4 is 10.0 Å². The van der Waals surface area contributed by atoms with Crippen LogP contribution in [0.2, 0.25) is 0 Å². The summed E-state index contributed by atoms with van der Waals surface area (Å²) in [6.45, 7) is -0.208. The minimum atomic E-state index is -3.37. The van der Waals surface area contributed by atoms with Gasteiger partial charge in [0.25, 0.3) is 0 Å². The summed E-state index contributed by atoms with van der Waals surface area (Å²) in [7, 11) is -3.37. The predicted octanol–water partition coefficient (Wildman–Crippen LogP) is -1.48. The van der Waals surface area contributed by atoms with Crippen molar-refractivity contribution in [3.63, 3.8) is 0 Å². The molecule has 1 rings (SSSR count). The Labute approximate surface area is 81.2 Å². The number of hydrogen-bond donors (Lipinski definition) is 2. The van der Waals surface area contributed by atoms with Crippen LogP contribution in [0.25, 0.3) is 0 Å². The predicted molar refractivity (Wildman–Crippen MR) is 46.9 cm³/mol. The summed E-state index contributed by atoms with van der Waals surface area (Å²) in [6, 6.07) is 0. The molecule has 1 aromatic heterocycles. The molecule has 0 aliphatic carbocycles. The average Bonchev–Trinajstić information content (AvgIpc) is 2.56. The van der Waals surface area contributed by atoms with E-state index in [1.165, 1.54) is 6.33 Å². The Morgan fingerprint density at radius 3 is 2.93 bits per heavy atom. The van der Waals surface area contributed by atoms with Crippen LogP contribution in [0.3, 0.4) is 0 Å². The first-order valence-corrected chi connectivity index (χ1v) is 5.63. The number of nitrogens with zero attached hydrogens (tertiary/aromatic N) is 2.